The van der Waals surface area contributed by atoms with Crippen molar-refractivity contribution >= 4 is 10.0 Å². The van der Waals surface area contributed by atoms with E-state index in [1.54, 1.807) is 0 Å². The van der Waals surface area contributed by atoms with Gasteiger partial charge >= 0.3 is 0 Å². The van der Waals surface area contributed by atoms with E-state index in [1.807, 2.05) is 0 Å². The Morgan fingerprint density at radius 3 is 2.92 bits per heavy atom. The van der Waals surface area contributed by atoms with Gasteiger partial charge in [-0.25, -0.2) is 13.1 Å². The number of ether oxygens (including phenoxy) is 1. The first-order chi connectivity index (χ1) is 5.64. The van der Waals surface area contributed by atoms with E-state index in [9.17, 15) is 8.42 Å². The van der Waals surface area contributed by atoms with Crippen LogP contribution in [0, 0.1) is 0 Å². The maximum atomic E-state index is 11.0. The summed E-state index contributed by atoms with van der Waals surface area (Å²) in [4.78, 5) is 0. The van der Waals surface area contributed by atoms with Gasteiger partial charge < -0.3 is 10.1 Å². The molecular formula is C6H14N2O3S. The van der Waals surface area contributed by atoms with Gasteiger partial charge in [0.1, 0.15) is 0 Å². The minimum Gasteiger partial charge on any atom is -0.374 e. The van der Waals surface area contributed by atoms with Gasteiger partial charge in [0, 0.05) is 13.1 Å². The van der Waals surface area contributed by atoms with E-state index in [0.717, 1.165) is 6.54 Å². The Kier molecular flexibility index (Phi) is 3.45. The number of hydrogen-bond donors (Lipinski definition) is 2. The Morgan fingerprint density at radius 1 is 1.67 bits per heavy atom. The highest BCUT2D eigenvalue weighted by Crippen LogP contribution is 1.98. The van der Waals surface area contributed by atoms with Crippen LogP contribution in [0.2, 0.25) is 0 Å². The molecule has 2 N–H and O–H groups in total. The molecule has 12 heavy (non-hydrogen) atoms. The predicted octanol–water partition coefficient (Wildman–Crippen LogP) is -1.48. The second-order valence-electron chi connectivity index (χ2n) is 2.68. The first-order valence-electron chi connectivity index (χ1n) is 3.87. The van der Waals surface area contributed by atoms with Crippen molar-refractivity contribution in [1.29, 1.82) is 0 Å². The van der Waals surface area contributed by atoms with Crippen LogP contribution in [0.25, 0.3) is 0 Å². The van der Waals surface area contributed by atoms with E-state index in [2.05, 4.69) is 10.0 Å². The molecule has 1 aliphatic rings. The number of sulfonamides is 1. The normalized spacial score (nSPS) is 25.6. The van der Waals surface area contributed by atoms with Crippen molar-refractivity contribution in [3.63, 3.8) is 0 Å². The van der Waals surface area contributed by atoms with Crippen LogP contribution in [0.4, 0.5) is 0 Å². The molecular weight excluding hydrogens is 180 g/mol. The van der Waals surface area contributed by atoms with Crippen LogP contribution in [0.1, 0.15) is 0 Å². The first-order valence-corrected chi connectivity index (χ1v) is 5.53. The zero-order valence-electron chi connectivity index (χ0n) is 7.04. The molecule has 1 heterocycles. The van der Waals surface area contributed by atoms with Crippen molar-refractivity contribution in [1.82, 2.24) is 10.0 Å². The largest absolute Gasteiger partial charge is 0.374 e. The molecule has 0 bridgehead atoms. The summed E-state index contributed by atoms with van der Waals surface area (Å²) in [5.41, 5.74) is 0. The zero-order chi connectivity index (χ0) is 9.03. The van der Waals surface area contributed by atoms with Gasteiger partial charge in [0.15, 0.2) is 0 Å². The van der Waals surface area contributed by atoms with Crippen LogP contribution in [0.5, 0.6) is 0 Å². The fourth-order valence-corrected chi connectivity index (χ4v) is 1.93. The van der Waals surface area contributed by atoms with Crippen LogP contribution in [-0.4, -0.2) is 47.0 Å². The van der Waals surface area contributed by atoms with Crippen LogP contribution >= 0.6 is 0 Å². The maximum absolute atomic E-state index is 11.0. The molecule has 0 aromatic carbocycles. The molecule has 1 fully saturated rings. The third-order valence-corrected chi connectivity index (χ3v) is 3.15. The van der Waals surface area contributed by atoms with Crippen LogP contribution in [0.3, 0.4) is 0 Å². The lowest BCUT2D eigenvalue weighted by molar-refractivity contribution is 0.0429. The average molecular weight is 194 g/mol. The second-order valence-corrected chi connectivity index (χ2v) is 4.65. The van der Waals surface area contributed by atoms with E-state index in [1.165, 1.54) is 7.05 Å². The van der Waals surface area contributed by atoms with Crippen LogP contribution < -0.4 is 10.0 Å². The average Bonchev–Trinajstić information content (AvgIpc) is 2.06. The van der Waals surface area contributed by atoms with Gasteiger partial charge in [-0.15, -0.1) is 0 Å². The van der Waals surface area contributed by atoms with E-state index >= 15 is 0 Å². The Labute approximate surface area is 72.5 Å². The van der Waals surface area contributed by atoms with Gasteiger partial charge in [0.2, 0.25) is 10.0 Å². The van der Waals surface area contributed by atoms with E-state index in [-0.39, 0.29) is 11.9 Å². The van der Waals surface area contributed by atoms with E-state index < -0.39 is 10.0 Å². The number of rotatable bonds is 3. The van der Waals surface area contributed by atoms with Crippen molar-refractivity contribution < 1.29 is 13.2 Å². The molecule has 0 unspecified atom stereocenters. The minimum atomic E-state index is -3.13. The van der Waals surface area contributed by atoms with Gasteiger partial charge in [0.05, 0.1) is 18.5 Å². The quantitative estimate of drug-likeness (QED) is 0.575. The molecule has 1 atom stereocenters. The summed E-state index contributed by atoms with van der Waals surface area (Å²) < 4.78 is 29.6. The third kappa shape index (κ3) is 3.06. The summed E-state index contributed by atoms with van der Waals surface area (Å²) >= 11 is 0. The highest BCUT2D eigenvalue weighted by molar-refractivity contribution is 7.89. The first kappa shape index (κ1) is 9.91. The summed E-state index contributed by atoms with van der Waals surface area (Å²) in [6.45, 7) is 2.00. The van der Waals surface area contributed by atoms with Gasteiger partial charge in [-0.1, -0.05) is 0 Å². The Morgan fingerprint density at radius 2 is 2.42 bits per heavy atom. The Balaban J connectivity index is 2.39. The van der Waals surface area contributed by atoms with Crippen molar-refractivity contribution in [2.24, 2.45) is 0 Å². The third-order valence-electron chi connectivity index (χ3n) is 1.72. The Hall–Kier alpha value is -0.170. The molecule has 5 nitrogen and oxygen atoms in total. The molecule has 1 aliphatic heterocycles. The molecule has 0 radical (unpaired) electrons. The molecule has 0 aliphatic carbocycles. The van der Waals surface area contributed by atoms with E-state index in [0.29, 0.717) is 13.2 Å². The topological polar surface area (TPSA) is 67.4 Å². The monoisotopic (exact) mass is 194 g/mol. The van der Waals surface area contributed by atoms with Crippen molar-refractivity contribution in [2.75, 3.05) is 32.5 Å². The summed E-state index contributed by atoms with van der Waals surface area (Å²) in [7, 11) is -1.73. The van der Waals surface area contributed by atoms with Gasteiger partial charge in [-0.2, -0.15) is 0 Å². The van der Waals surface area contributed by atoms with Gasteiger partial charge in [-0.05, 0) is 7.05 Å². The molecule has 0 spiro atoms. The predicted molar refractivity (Wildman–Crippen MR) is 45.5 cm³/mol. The maximum Gasteiger partial charge on any atom is 0.213 e. The standard InChI is InChI=1S/C6H14N2O3S/c1-7-12(9,10)5-6-4-8-2-3-11-6/h6-8H,2-5H2,1H3/t6-/m1/s1. The lowest BCUT2D eigenvalue weighted by atomic mass is 10.3. The molecule has 1 saturated heterocycles. The van der Waals surface area contributed by atoms with Gasteiger partial charge in [0.25, 0.3) is 0 Å². The SMILES string of the molecule is CNS(=O)(=O)C[C@H]1CNCCO1. The summed E-state index contributed by atoms with van der Waals surface area (Å²) in [6, 6.07) is 0. The smallest absolute Gasteiger partial charge is 0.213 e. The molecule has 72 valence electrons. The number of hydrogen-bond acceptors (Lipinski definition) is 4. The lowest BCUT2D eigenvalue weighted by Crippen LogP contribution is -2.43. The summed E-state index contributed by atoms with van der Waals surface area (Å²) in [5, 5.41) is 3.06. The second kappa shape index (κ2) is 4.18. The molecule has 0 saturated carbocycles. The Bertz CT molecular complexity index is 221. The zero-order valence-corrected chi connectivity index (χ0v) is 7.86. The van der Waals surface area contributed by atoms with Crippen LogP contribution in [0.15, 0.2) is 0 Å². The van der Waals surface area contributed by atoms with E-state index in [4.69, 9.17) is 4.74 Å². The van der Waals surface area contributed by atoms with Gasteiger partial charge in [-0.3, -0.25) is 0 Å². The molecule has 0 aromatic rings. The summed E-state index contributed by atoms with van der Waals surface area (Å²) in [5.74, 6) is 0.0382. The van der Waals surface area contributed by atoms with Crippen molar-refractivity contribution in [2.45, 2.75) is 6.10 Å². The van der Waals surface area contributed by atoms with Crippen molar-refractivity contribution in [3.8, 4) is 0 Å². The highest BCUT2D eigenvalue weighted by atomic mass is 32.2. The van der Waals surface area contributed by atoms with Crippen molar-refractivity contribution in [3.05, 3.63) is 0 Å². The fourth-order valence-electron chi connectivity index (χ4n) is 1.05. The summed E-state index contributed by atoms with van der Waals surface area (Å²) in [6.07, 6.45) is -0.212. The molecule has 0 aromatic heterocycles. The number of morpholine rings is 1. The molecule has 0 amide bonds. The fraction of sp³-hybridized carbons (Fsp3) is 1.00. The van der Waals surface area contributed by atoms with Crippen LogP contribution in [-0.2, 0) is 14.8 Å². The molecule has 6 heteroatoms. The minimum absolute atomic E-state index is 0.0382. The molecule has 1 rings (SSSR count). The lowest BCUT2D eigenvalue weighted by Gasteiger charge is -2.22. The number of nitrogens with one attached hydrogen (secondary N) is 2. The highest BCUT2D eigenvalue weighted by Gasteiger charge is 2.20.